The van der Waals surface area contributed by atoms with Crippen LogP contribution in [0, 0.1) is 32.6 Å². The van der Waals surface area contributed by atoms with Crippen molar-refractivity contribution < 1.29 is 4.79 Å². The SMILES string of the molecule is Cc1cc(C)c(CNC(=O)c2nc(N3C[C@@H]4[C@H](N)[C@@H]4C3)nc(-c3ccnn3C)c2C)c(=O)[nH]1. The highest BCUT2D eigenvalue weighted by molar-refractivity contribution is 5.95. The summed E-state index contributed by atoms with van der Waals surface area (Å²) >= 11 is 0. The molecule has 33 heavy (non-hydrogen) atoms. The number of piperidine rings is 1. The minimum absolute atomic E-state index is 0.114. The fourth-order valence-corrected chi connectivity index (χ4v) is 4.81. The smallest absolute Gasteiger partial charge is 0.270 e. The molecule has 2 fully saturated rings. The molecule has 0 unspecified atom stereocenters. The maximum atomic E-state index is 13.3. The van der Waals surface area contributed by atoms with Gasteiger partial charge in [-0.05, 0) is 50.3 Å². The number of carbonyl (C=O) groups excluding carboxylic acids is 1. The Bertz CT molecular complexity index is 1300. The Balaban J connectivity index is 1.48. The van der Waals surface area contributed by atoms with Crippen LogP contribution >= 0.6 is 0 Å². The summed E-state index contributed by atoms with van der Waals surface area (Å²) in [6.45, 7) is 7.22. The fourth-order valence-electron chi connectivity index (χ4n) is 4.81. The summed E-state index contributed by atoms with van der Waals surface area (Å²) in [6.07, 6.45) is 1.70. The first kappa shape index (κ1) is 21.3. The molecule has 4 heterocycles. The summed E-state index contributed by atoms with van der Waals surface area (Å²) < 4.78 is 1.73. The second-order valence-corrected chi connectivity index (χ2v) is 9.12. The minimum Gasteiger partial charge on any atom is -0.346 e. The number of pyridine rings is 1. The third-order valence-electron chi connectivity index (χ3n) is 6.88. The van der Waals surface area contributed by atoms with Gasteiger partial charge in [0.1, 0.15) is 5.69 Å². The van der Waals surface area contributed by atoms with Gasteiger partial charge in [0, 0.05) is 55.7 Å². The molecule has 0 bridgehead atoms. The van der Waals surface area contributed by atoms with Crippen molar-refractivity contribution in [3.63, 3.8) is 0 Å². The number of nitrogens with two attached hydrogens (primary N) is 1. The number of anilines is 1. The van der Waals surface area contributed by atoms with Gasteiger partial charge in [-0.1, -0.05) is 0 Å². The molecule has 1 saturated heterocycles. The van der Waals surface area contributed by atoms with Gasteiger partial charge in [0.25, 0.3) is 11.5 Å². The van der Waals surface area contributed by atoms with Crippen molar-refractivity contribution in [2.45, 2.75) is 33.4 Å². The molecule has 1 aliphatic carbocycles. The van der Waals surface area contributed by atoms with Crippen LogP contribution in [0.4, 0.5) is 5.95 Å². The van der Waals surface area contributed by atoms with Crippen LogP contribution in [0.3, 0.4) is 0 Å². The van der Waals surface area contributed by atoms with E-state index in [2.05, 4.69) is 25.3 Å². The first-order valence-corrected chi connectivity index (χ1v) is 11.1. The zero-order valence-electron chi connectivity index (χ0n) is 19.2. The molecule has 10 heteroatoms. The summed E-state index contributed by atoms with van der Waals surface area (Å²) in [6, 6.07) is 4.01. The predicted octanol–water partition coefficient (Wildman–Crippen LogP) is 0.814. The molecule has 1 amide bonds. The van der Waals surface area contributed by atoms with E-state index < -0.39 is 0 Å². The van der Waals surface area contributed by atoms with E-state index in [4.69, 9.17) is 10.7 Å². The number of amides is 1. The first-order chi connectivity index (χ1) is 15.7. The molecule has 3 atom stereocenters. The summed E-state index contributed by atoms with van der Waals surface area (Å²) in [5.74, 6) is 1.10. The van der Waals surface area contributed by atoms with E-state index in [1.165, 1.54) is 0 Å². The van der Waals surface area contributed by atoms with Gasteiger partial charge < -0.3 is 20.9 Å². The molecule has 1 saturated carbocycles. The van der Waals surface area contributed by atoms with Crippen LogP contribution in [0.2, 0.25) is 0 Å². The maximum absolute atomic E-state index is 13.3. The van der Waals surface area contributed by atoms with Crippen LogP contribution in [0.5, 0.6) is 0 Å². The number of aromatic nitrogens is 5. The van der Waals surface area contributed by atoms with Gasteiger partial charge in [-0.2, -0.15) is 5.10 Å². The lowest BCUT2D eigenvalue weighted by Gasteiger charge is -2.21. The fraction of sp³-hybridized carbons (Fsp3) is 0.435. The van der Waals surface area contributed by atoms with Gasteiger partial charge in [0.05, 0.1) is 11.4 Å². The van der Waals surface area contributed by atoms with Crippen molar-refractivity contribution in [1.82, 2.24) is 30.0 Å². The molecule has 0 radical (unpaired) electrons. The van der Waals surface area contributed by atoms with E-state index in [9.17, 15) is 9.59 Å². The van der Waals surface area contributed by atoms with Gasteiger partial charge in [0.2, 0.25) is 5.95 Å². The normalized spacial score (nSPS) is 21.2. The highest BCUT2D eigenvalue weighted by atomic mass is 16.2. The number of aryl methyl sites for hydroxylation is 3. The third-order valence-corrected chi connectivity index (χ3v) is 6.88. The van der Waals surface area contributed by atoms with Crippen LogP contribution < -0.4 is 21.5 Å². The molecule has 10 nitrogen and oxygen atoms in total. The quantitative estimate of drug-likeness (QED) is 0.526. The number of H-pyrrole nitrogens is 1. The van der Waals surface area contributed by atoms with Crippen molar-refractivity contribution in [2.75, 3.05) is 18.0 Å². The van der Waals surface area contributed by atoms with Gasteiger partial charge in [-0.15, -0.1) is 0 Å². The Hall–Kier alpha value is -3.53. The second kappa shape index (κ2) is 7.80. The Morgan fingerprint density at radius 1 is 1.24 bits per heavy atom. The number of nitrogens with one attached hydrogen (secondary N) is 2. The molecular formula is C23H28N8O2. The average molecular weight is 449 g/mol. The molecule has 3 aromatic rings. The van der Waals surface area contributed by atoms with E-state index in [0.29, 0.717) is 40.3 Å². The zero-order chi connectivity index (χ0) is 23.4. The highest BCUT2D eigenvalue weighted by Gasteiger charge is 2.54. The second-order valence-electron chi connectivity index (χ2n) is 9.12. The predicted molar refractivity (Wildman–Crippen MR) is 124 cm³/mol. The largest absolute Gasteiger partial charge is 0.346 e. The van der Waals surface area contributed by atoms with E-state index in [1.54, 1.807) is 10.9 Å². The Morgan fingerprint density at radius 2 is 1.97 bits per heavy atom. The number of hydrogen-bond donors (Lipinski definition) is 3. The third kappa shape index (κ3) is 3.70. The van der Waals surface area contributed by atoms with Crippen molar-refractivity contribution in [3.05, 3.63) is 56.8 Å². The molecule has 0 spiro atoms. The van der Waals surface area contributed by atoms with Crippen molar-refractivity contribution >= 4 is 11.9 Å². The van der Waals surface area contributed by atoms with E-state index in [-0.39, 0.29) is 24.1 Å². The van der Waals surface area contributed by atoms with E-state index in [0.717, 1.165) is 30.0 Å². The topological polar surface area (TPSA) is 135 Å². The summed E-state index contributed by atoms with van der Waals surface area (Å²) in [4.78, 5) is 40.0. The highest BCUT2D eigenvalue weighted by Crippen LogP contribution is 2.44. The number of fused-ring (bicyclic) bond motifs is 1. The lowest BCUT2D eigenvalue weighted by atomic mass is 10.1. The van der Waals surface area contributed by atoms with Crippen LogP contribution in [-0.2, 0) is 13.6 Å². The molecule has 3 aromatic heterocycles. The minimum atomic E-state index is -0.347. The summed E-state index contributed by atoms with van der Waals surface area (Å²) in [5, 5.41) is 7.13. The zero-order valence-corrected chi connectivity index (χ0v) is 19.2. The Morgan fingerprint density at radius 3 is 2.61 bits per heavy atom. The maximum Gasteiger partial charge on any atom is 0.270 e. The summed E-state index contributed by atoms with van der Waals surface area (Å²) in [7, 11) is 1.84. The molecule has 1 aliphatic heterocycles. The van der Waals surface area contributed by atoms with Crippen LogP contribution in [0.1, 0.15) is 32.9 Å². The molecule has 5 rings (SSSR count). The molecular weight excluding hydrogens is 420 g/mol. The lowest BCUT2D eigenvalue weighted by Crippen LogP contribution is -2.32. The van der Waals surface area contributed by atoms with Crippen molar-refractivity contribution in [2.24, 2.45) is 24.6 Å². The van der Waals surface area contributed by atoms with E-state index in [1.807, 2.05) is 40.0 Å². The molecule has 2 aliphatic rings. The summed E-state index contributed by atoms with van der Waals surface area (Å²) in [5.41, 5.74) is 10.5. The van der Waals surface area contributed by atoms with Gasteiger partial charge >= 0.3 is 0 Å². The number of hydrogen-bond acceptors (Lipinski definition) is 7. The molecule has 0 aromatic carbocycles. The van der Waals surface area contributed by atoms with Crippen LogP contribution in [0.15, 0.2) is 23.1 Å². The number of aromatic amines is 1. The Kier molecular flexibility index (Phi) is 5.04. The Labute approximate surface area is 191 Å². The van der Waals surface area contributed by atoms with Gasteiger partial charge in [-0.25, -0.2) is 9.97 Å². The number of carbonyl (C=O) groups is 1. The lowest BCUT2D eigenvalue weighted by molar-refractivity contribution is 0.0945. The molecule has 4 N–H and O–H groups in total. The van der Waals surface area contributed by atoms with E-state index >= 15 is 0 Å². The van der Waals surface area contributed by atoms with Crippen molar-refractivity contribution in [3.8, 4) is 11.4 Å². The van der Waals surface area contributed by atoms with Gasteiger partial charge in [0.15, 0.2) is 0 Å². The number of nitrogens with zero attached hydrogens (tertiary/aromatic N) is 5. The van der Waals surface area contributed by atoms with Crippen molar-refractivity contribution in [1.29, 1.82) is 0 Å². The molecule has 172 valence electrons. The van der Waals surface area contributed by atoms with Crippen LogP contribution in [0.25, 0.3) is 11.4 Å². The monoisotopic (exact) mass is 448 g/mol. The number of rotatable bonds is 5. The standard InChI is InChI=1S/C23H28N8O2/c1-11-7-12(2)27-21(32)14(11)8-25-22(33)20-13(3)19(17-5-6-26-30(17)4)28-23(29-20)31-9-15-16(10-31)18(15)24/h5-7,15-16,18H,8-10,24H2,1-4H3,(H,25,33)(H,27,32)/t15-,16+,18-. The first-order valence-electron chi connectivity index (χ1n) is 11.1. The average Bonchev–Trinajstić information content (AvgIpc) is 3.13. The van der Waals surface area contributed by atoms with Gasteiger partial charge in [-0.3, -0.25) is 14.3 Å². The van der Waals surface area contributed by atoms with Crippen LogP contribution in [-0.4, -0.2) is 49.8 Å².